The van der Waals surface area contributed by atoms with Crippen LogP contribution in [0.5, 0.6) is 0 Å². The Labute approximate surface area is 166 Å². The lowest BCUT2D eigenvalue weighted by Gasteiger charge is -2.13. The maximum absolute atomic E-state index is 13.1. The maximum atomic E-state index is 13.1. The molecule has 154 valence electrons. The summed E-state index contributed by atoms with van der Waals surface area (Å²) >= 11 is 0. The normalized spacial score (nSPS) is 11.5. The summed E-state index contributed by atoms with van der Waals surface area (Å²) in [4.78, 5) is 51.1. The number of hydrogen-bond acceptors (Lipinski definition) is 6. The number of H-pyrrole nitrogens is 1. The van der Waals surface area contributed by atoms with E-state index in [9.17, 15) is 23.6 Å². The van der Waals surface area contributed by atoms with Crippen molar-refractivity contribution in [2.24, 2.45) is 0 Å². The van der Waals surface area contributed by atoms with Gasteiger partial charge in [-0.15, -0.1) is 0 Å². The quantitative estimate of drug-likeness (QED) is 0.540. The van der Waals surface area contributed by atoms with Crippen LogP contribution in [0.4, 0.5) is 4.39 Å². The molecule has 2 N–H and O–H groups in total. The molecule has 0 aliphatic heterocycles. The number of amides is 1. The van der Waals surface area contributed by atoms with Gasteiger partial charge in [0.2, 0.25) is 5.78 Å². The highest BCUT2D eigenvalue weighted by atomic mass is 19.1. The van der Waals surface area contributed by atoms with Gasteiger partial charge >= 0.3 is 11.9 Å². The van der Waals surface area contributed by atoms with Crippen LogP contribution < -0.4 is 5.32 Å². The number of aryl methyl sites for hydroxylation is 1. The molecule has 0 unspecified atom stereocenters. The molecule has 2 rings (SSSR count). The molecular formula is C20H21FN2O6. The molecule has 8 nitrogen and oxygen atoms in total. The SMILES string of the molecule is COC(=O)c1c(C)[nH]c(C(=O)[C@@H](C)OC(=O)CNC(=O)c2cccc(F)c2)c1C. The molecular weight excluding hydrogens is 383 g/mol. The van der Waals surface area contributed by atoms with Gasteiger partial charge in [0, 0.05) is 11.3 Å². The van der Waals surface area contributed by atoms with Gasteiger partial charge in [-0.05, 0) is 44.5 Å². The van der Waals surface area contributed by atoms with E-state index in [1.807, 2.05) is 0 Å². The summed E-state index contributed by atoms with van der Waals surface area (Å²) in [6.07, 6.45) is -1.16. The Morgan fingerprint density at radius 1 is 1.21 bits per heavy atom. The number of rotatable bonds is 7. The molecule has 0 fully saturated rings. The van der Waals surface area contributed by atoms with Crippen molar-refractivity contribution in [1.82, 2.24) is 10.3 Å². The van der Waals surface area contributed by atoms with Crippen LogP contribution in [0.3, 0.4) is 0 Å². The molecule has 0 radical (unpaired) electrons. The van der Waals surface area contributed by atoms with Gasteiger partial charge in [0.05, 0.1) is 18.4 Å². The maximum Gasteiger partial charge on any atom is 0.339 e. The van der Waals surface area contributed by atoms with Crippen molar-refractivity contribution in [2.75, 3.05) is 13.7 Å². The van der Waals surface area contributed by atoms with E-state index in [-0.39, 0.29) is 16.8 Å². The molecule has 1 amide bonds. The molecule has 29 heavy (non-hydrogen) atoms. The second-order valence-electron chi connectivity index (χ2n) is 6.31. The number of benzene rings is 1. The molecule has 1 heterocycles. The van der Waals surface area contributed by atoms with Crippen molar-refractivity contribution in [3.05, 3.63) is 58.2 Å². The molecule has 1 aromatic carbocycles. The number of hydrogen-bond donors (Lipinski definition) is 2. The summed E-state index contributed by atoms with van der Waals surface area (Å²) < 4.78 is 22.9. The Hall–Kier alpha value is -3.49. The van der Waals surface area contributed by atoms with Crippen LogP contribution >= 0.6 is 0 Å². The zero-order chi connectivity index (χ0) is 21.7. The number of Topliss-reactive ketones (excluding diaryl/α,β-unsaturated/α-hetero) is 1. The fraction of sp³-hybridized carbons (Fsp3) is 0.300. The topological polar surface area (TPSA) is 115 Å². The molecule has 2 aromatic rings. The van der Waals surface area contributed by atoms with E-state index >= 15 is 0 Å². The zero-order valence-corrected chi connectivity index (χ0v) is 16.4. The number of aromatic amines is 1. The molecule has 0 aliphatic rings. The van der Waals surface area contributed by atoms with Crippen molar-refractivity contribution in [1.29, 1.82) is 0 Å². The van der Waals surface area contributed by atoms with Crippen molar-refractivity contribution < 1.29 is 33.0 Å². The Balaban J connectivity index is 1.98. The Morgan fingerprint density at radius 3 is 2.52 bits per heavy atom. The number of aromatic nitrogens is 1. The Kier molecular flexibility index (Phi) is 6.87. The first-order valence-electron chi connectivity index (χ1n) is 8.70. The minimum absolute atomic E-state index is 0.0507. The van der Waals surface area contributed by atoms with E-state index in [1.54, 1.807) is 13.8 Å². The average molecular weight is 404 g/mol. The highest BCUT2D eigenvalue weighted by molar-refractivity contribution is 6.04. The van der Waals surface area contributed by atoms with Crippen molar-refractivity contribution in [2.45, 2.75) is 26.9 Å². The molecule has 0 bridgehead atoms. The van der Waals surface area contributed by atoms with E-state index in [1.165, 1.54) is 32.2 Å². The van der Waals surface area contributed by atoms with Crippen molar-refractivity contribution >= 4 is 23.6 Å². The van der Waals surface area contributed by atoms with Gasteiger partial charge in [0.15, 0.2) is 6.10 Å². The van der Waals surface area contributed by atoms with Crippen molar-refractivity contribution in [3.8, 4) is 0 Å². The third-order valence-corrected chi connectivity index (χ3v) is 4.23. The molecule has 0 saturated heterocycles. The summed E-state index contributed by atoms with van der Waals surface area (Å²) in [7, 11) is 1.23. The Bertz CT molecular complexity index is 966. The van der Waals surface area contributed by atoms with Crippen LogP contribution in [0, 0.1) is 19.7 Å². The number of methoxy groups -OCH3 is 1. The van der Waals surface area contributed by atoms with Gasteiger partial charge in [-0.1, -0.05) is 6.07 Å². The summed E-state index contributed by atoms with van der Waals surface area (Å²) in [5.74, 6) is -3.20. The third-order valence-electron chi connectivity index (χ3n) is 4.23. The number of esters is 2. The predicted octanol–water partition coefficient (Wildman–Crippen LogP) is 2.10. The molecule has 0 spiro atoms. The lowest BCUT2D eigenvalue weighted by Crippen LogP contribution is -2.34. The number of halogens is 1. The fourth-order valence-corrected chi connectivity index (χ4v) is 2.78. The van der Waals surface area contributed by atoms with Crippen LogP contribution in [0.1, 0.15) is 49.4 Å². The highest BCUT2D eigenvalue weighted by Gasteiger charge is 2.27. The number of ketones is 1. The average Bonchev–Trinajstić information content (AvgIpc) is 2.98. The molecule has 0 aliphatic carbocycles. The fourth-order valence-electron chi connectivity index (χ4n) is 2.78. The lowest BCUT2D eigenvalue weighted by atomic mass is 10.1. The molecule has 1 atom stereocenters. The smallest absolute Gasteiger partial charge is 0.339 e. The predicted molar refractivity (Wildman–Crippen MR) is 100 cm³/mol. The van der Waals surface area contributed by atoms with Crippen LogP contribution in [0.15, 0.2) is 24.3 Å². The monoisotopic (exact) mass is 404 g/mol. The first kappa shape index (κ1) is 21.8. The van der Waals surface area contributed by atoms with Gasteiger partial charge in [-0.3, -0.25) is 14.4 Å². The van der Waals surface area contributed by atoms with Crippen LogP contribution in [0.2, 0.25) is 0 Å². The van der Waals surface area contributed by atoms with Gasteiger partial charge in [-0.2, -0.15) is 0 Å². The zero-order valence-electron chi connectivity index (χ0n) is 16.4. The van der Waals surface area contributed by atoms with Gasteiger partial charge in [-0.25, -0.2) is 9.18 Å². The number of nitrogens with one attached hydrogen (secondary N) is 2. The second-order valence-corrected chi connectivity index (χ2v) is 6.31. The largest absolute Gasteiger partial charge is 0.465 e. The van der Waals surface area contributed by atoms with Crippen LogP contribution in [-0.2, 0) is 14.3 Å². The first-order valence-corrected chi connectivity index (χ1v) is 8.70. The van der Waals surface area contributed by atoms with Crippen LogP contribution in [-0.4, -0.2) is 48.4 Å². The number of ether oxygens (including phenoxy) is 2. The second kappa shape index (κ2) is 9.13. The van der Waals surface area contributed by atoms with Gasteiger partial charge in [0.25, 0.3) is 5.91 Å². The van der Waals surface area contributed by atoms with E-state index in [0.29, 0.717) is 11.3 Å². The molecule has 9 heteroatoms. The third kappa shape index (κ3) is 5.07. The van der Waals surface area contributed by atoms with Gasteiger partial charge < -0.3 is 19.8 Å². The number of carbonyl (C=O) groups excluding carboxylic acids is 4. The van der Waals surface area contributed by atoms with Crippen LogP contribution in [0.25, 0.3) is 0 Å². The van der Waals surface area contributed by atoms with E-state index in [0.717, 1.165) is 6.07 Å². The summed E-state index contributed by atoms with van der Waals surface area (Å²) in [6.45, 7) is 4.08. The Morgan fingerprint density at radius 2 is 1.90 bits per heavy atom. The first-order chi connectivity index (χ1) is 13.6. The lowest BCUT2D eigenvalue weighted by molar-refractivity contribution is -0.145. The minimum Gasteiger partial charge on any atom is -0.465 e. The standard InChI is InChI=1S/C20H21FN2O6/c1-10-16(20(27)28-4)11(2)23-17(10)18(25)12(3)29-15(24)9-22-19(26)13-6-5-7-14(21)8-13/h5-8,12,23H,9H2,1-4H3,(H,22,26)/t12-/m1/s1. The van der Waals surface area contributed by atoms with E-state index in [2.05, 4.69) is 10.3 Å². The number of carbonyl (C=O) groups is 4. The summed E-state index contributed by atoms with van der Waals surface area (Å²) in [6, 6.07) is 4.98. The highest BCUT2D eigenvalue weighted by Crippen LogP contribution is 2.20. The molecule has 0 saturated carbocycles. The van der Waals surface area contributed by atoms with Gasteiger partial charge in [0.1, 0.15) is 12.4 Å². The summed E-state index contributed by atoms with van der Waals surface area (Å²) in [5.41, 5.74) is 1.28. The minimum atomic E-state index is -1.16. The van der Waals surface area contributed by atoms with Crippen molar-refractivity contribution in [3.63, 3.8) is 0 Å². The molecule has 1 aromatic heterocycles. The van der Waals surface area contributed by atoms with E-state index < -0.39 is 42.1 Å². The summed E-state index contributed by atoms with van der Waals surface area (Å²) in [5, 5.41) is 2.30. The van der Waals surface area contributed by atoms with E-state index in [4.69, 9.17) is 9.47 Å².